The highest BCUT2D eigenvalue weighted by Gasteiger charge is 2.44. The lowest BCUT2D eigenvalue weighted by Gasteiger charge is -2.34. The van der Waals surface area contributed by atoms with Crippen LogP contribution in [0.4, 0.5) is 0 Å². The first-order valence-corrected chi connectivity index (χ1v) is 9.81. The van der Waals surface area contributed by atoms with Crippen LogP contribution in [0.25, 0.3) is 0 Å². The molecule has 0 aromatic carbocycles. The van der Waals surface area contributed by atoms with Gasteiger partial charge in [-0.2, -0.15) is 0 Å². The molecule has 3 N–H and O–H groups in total. The Morgan fingerprint density at radius 2 is 2.00 bits per heavy atom. The number of aliphatic hydroxyl groups excluding tert-OH is 2. The smallest absolute Gasteiger partial charge is 0.248 e. The number of likely N-dealkylation sites (N-methyl/N-ethyl adjacent to an activating group) is 1. The Kier molecular flexibility index (Phi) is 7.48. The number of aliphatic hydroxyl groups is 2. The van der Waals surface area contributed by atoms with Crippen molar-refractivity contribution in [3.63, 3.8) is 0 Å². The summed E-state index contributed by atoms with van der Waals surface area (Å²) in [6.07, 6.45) is 1.79. The number of Topliss-reactive ketones (excluding diaryl/α,β-unsaturated/α-hetero) is 1. The van der Waals surface area contributed by atoms with Crippen molar-refractivity contribution < 1.29 is 24.6 Å². The van der Waals surface area contributed by atoms with E-state index in [1.807, 2.05) is 20.8 Å². The van der Waals surface area contributed by atoms with Gasteiger partial charge in [-0.15, -0.1) is 5.10 Å². The third kappa shape index (κ3) is 5.60. The number of carbonyl (C=O) groups excluding carboxylic acids is 3. The Bertz CT molecular complexity index is 742. The number of carbonyl (C=O) groups is 3. The van der Waals surface area contributed by atoms with E-state index in [4.69, 9.17) is 5.11 Å². The quantitative estimate of drug-likeness (QED) is 0.524. The zero-order valence-corrected chi connectivity index (χ0v) is 17.5. The van der Waals surface area contributed by atoms with E-state index in [1.54, 1.807) is 6.20 Å². The lowest BCUT2D eigenvalue weighted by Crippen LogP contribution is -2.49. The van der Waals surface area contributed by atoms with Gasteiger partial charge in [-0.3, -0.25) is 14.4 Å². The number of hydrogen-bond acceptors (Lipinski definition) is 7. The average Bonchev–Trinajstić information content (AvgIpc) is 3.25. The van der Waals surface area contributed by atoms with Gasteiger partial charge in [0.15, 0.2) is 0 Å². The van der Waals surface area contributed by atoms with Crippen molar-refractivity contribution in [1.29, 1.82) is 0 Å². The summed E-state index contributed by atoms with van der Waals surface area (Å²) >= 11 is 0. The fraction of sp³-hybridized carbons (Fsp3) is 0.737. The summed E-state index contributed by atoms with van der Waals surface area (Å²) in [4.78, 5) is 38.6. The number of ketones is 1. The first-order valence-electron chi connectivity index (χ1n) is 9.81. The van der Waals surface area contributed by atoms with Crippen molar-refractivity contribution >= 4 is 17.6 Å². The zero-order chi connectivity index (χ0) is 21.8. The molecule has 2 amide bonds. The van der Waals surface area contributed by atoms with Gasteiger partial charge in [-0.05, 0) is 11.8 Å². The standard InChI is InChI=1S/C19H31N5O5/c1-19(2,3)16(18(29)23-11-14(27)9-15(23)17(28)20-4)24-10-12(21-22-24)5-6-13(26)7-8-25/h10,14-16,25,27H,5-9,11H2,1-4H3,(H,20,28)/t14?,15-,16?/m1/s1. The van der Waals surface area contributed by atoms with E-state index < -0.39 is 23.6 Å². The maximum absolute atomic E-state index is 13.4. The predicted molar refractivity (Wildman–Crippen MR) is 104 cm³/mol. The number of β-amino-alcohol motifs (C(OH)–C–C–N with tert-alkyl or cyclic N) is 1. The van der Waals surface area contributed by atoms with E-state index in [9.17, 15) is 19.5 Å². The molecule has 10 nitrogen and oxygen atoms in total. The van der Waals surface area contributed by atoms with Gasteiger partial charge in [0.25, 0.3) is 0 Å². The van der Waals surface area contributed by atoms with Crippen LogP contribution in [0.15, 0.2) is 6.20 Å². The van der Waals surface area contributed by atoms with Gasteiger partial charge >= 0.3 is 0 Å². The Labute approximate surface area is 170 Å². The molecule has 1 aliphatic rings. The number of amides is 2. The number of aromatic nitrogens is 3. The maximum atomic E-state index is 13.4. The summed E-state index contributed by atoms with van der Waals surface area (Å²) in [5.41, 5.74) is 0.0397. The van der Waals surface area contributed by atoms with Gasteiger partial charge in [-0.1, -0.05) is 26.0 Å². The topological polar surface area (TPSA) is 138 Å². The molecule has 0 bridgehead atoms. The molecule has 1 aromatic heterocycles. The zero-order valence-electron chi connectivity index (χ0n) is 17.5. The molecular weight excluding hydrogens is 378 g/mol. The third-order valence-corrected chi connectivity index (χ3v) is 5.04. The molecule has 1 aliphatic heterocycles. The Hall–Kier alpha value is -2.33. The normalized spacial score (nSPS) is 20.6. The molecule has 3 atom stereocenters. The van der Waals surface area contributed by atoms with Crippen LogP contribution in [-0.2, 0) is 20.8 Å². The van der Waals surface area contributed by atoms with Gasteiger partial charge in [0.1, 0.15) is 17.9 Å². The Balaban J connectivity index is 2.23. The molecule has 0 saturated carbocycles. The van der Waals surface area contributed by atoms with Gasteiger partial charge in [0, 0.05) is 45.7 Å². The summed E-state index contributed by atoms with van der Waals surface area (Å²) in [5, 5.41) is 29.6. The summed E-state index contributed by atoms with van der Waals surface area (Å²) in [6.45, 7) is 5.58. The fourth-order valence-electron chi connectivity index (χ4n) is 3.58. The second-order valence-electron chi connectivity index (χ2n) is 8.48. The molecule has 2 unspecified atom stereocenters. The molecule has 0 spiro atoms. The molecule has 0 aliphatic carbocycles. The molecule has 0 radical (unpaired) electrons. The number of aryl methyl sites for hydroxylation is 1. The maximum Gasteiger partial charge on any atom is 0.248 e. The number of nitrogens with one attached hydrogen (secondary N) is 1. The van der Waals surface area contributed by atoms with Crippen LogP contribution in [-0.4, -0.2) is 80.0 Å². The van der Waals surface area contributed by atoms with Crippen molar-refractivity contribution in [1.82, 2.24) is 25.2 Å². The van der Waals surface area contributed by atoms with Crippen LogP contribution in [0.3, 0.4) is 0 Å². The van der Waals surface area contributed by atoms with Crippen molar-refractivity contribution in [2.24, 2.45) is 5.41 Å². The van der Waals surface area contributed by atoms with Crippen LogP contribution in [0, 0.1) is 5.41 Å². The molecule has 29 heavy (non-hydrogen) atoms. The number of likely N-dealkylation sites (tertiary alicyclic amines) is 1. The minimum absolute atomic E-state index is 0.0648. The van der Waals surface area contributed by atoms with Gasteiger partial charge in [0.2, 0.25) is 11.8 Å². The highest BCUT2D eigenvalue weighted by molar-refractivity contribution is 5.90. The predicted octanol–water partition coefficient (Wildman–Crippen LogP) is -0.543. The van der Waals surface area contributed by atoms with Gasteiger partial charge < -0.3 is 20.4 Å². The lowest BCUT2D eigenvalue weighted by atomic mass is 9.85. The van der Waals surface area contributed by atoms with E-state index in [-0.39, 0.29) is 50.0 Å². The minimum Gasteiger partial charge on any atom is -0.396 e. The van der Waals surface area contributed by atoms with Gasteiger partial charge in [0.05, 0.1) is 11.8 Å². The first kappa shape index (κ1) is 23.0. The first-order chi connectivity index (χ1) is 13.6. The van der Waals surface area contributed by atoms with Crippen molar-refractivity contribution in [2.75, 3.05) is 20.2 Å². The molecule has 10 heteroatoms. The van der Waals surface area contributed by atoms with Crippen LogP contribution in [0.1, 0.15) is 51.8 Å². The molecule has 1 fully saturated rings. The molecule has 1 aromatic rings. The van der Waals surface area contributed by atoms with Crippen LogP contribution >= 0.6 is 0 Å². The molecular formula is C19H31N5O5. The lowest BCUT2D eigenvalue weighted by molar-refractivity contribution is -0.144. The van der Waals surface area contributed by atoms with E-state index in [0.29, 0.717) is 12.1 Å². The Morgan fingerprint density at radius 1 is 1.31 bits per heavy atom. The van der Waals surface area contributed by atoms with Gasteiger partial charge in [-0.25, -0.2) is 4.68 Å². The van der Waals surface area contributed by atoms with E-state index in [1.165, 1.54) is 16.6 Å². The van der Waals surface area contributed by atoms with Crippen molar-refractivity contribution in [3.8, 4) is 0 Å². The summed E-state index contributed by atoms with van der Waals surface area (Å²) in [6, 6.07) is -1.46. The largest absolute Gasteiger partial charge is 0.396 e. The number of hydrogen-bond donors (Lipinski definition) is 3. The highest BCUT2D eigenvalue weighted by Crippen LogP contribution is 2.34. The van der Waals surface area contributed by atoms with Crippen LogP contribution < -0.4 is 5.32 Å². The van der Waals surface area contributed by atoms with E-state index in [0.717, 1.165) is 0 Å². The van der Waals surface area contributed by atoms with Crippen LogP contribution in [0.2, 0.25) is 0 Å². The summed E-state index contributed by atoms with van der Waals surface area (Å²) in [7, 11) is 1.50. The monoisotopic (exact) mass is 409 g/mol. The minimum atomic E-state index is -0.759. The van der Waals surface area contributed by atoms with E-state index in [2.05, 4.69) is 15.6 Å². The molecule has 162 valence electrons. The van der Waals surface area contributed by atoms with Crippen molar-refractivity contribution in [3.05, 3.63) is 11.9 Å². The third-order valence-electron chi connectivity index (χ3n) is 5.04. The summed E-state index contributed by atoms with van der Waals surface area (Å²) < 4.78 is 1.47. The highest BCUT2D eigenvalue weighted by atomic mass is 16.3. The van der Waals surface area contributed by atoms with Crippen molar-refractivity contribution in [2.45, 2.75) is 64.6 Å². The average molecular weight is 409 g/mol. The second kappa shape index (κ2) is 9.45. The molecule has 2 rings (SSSR count). The summed E-state index contributed by atoms with van der Waals surface area (Å²) in [5.74, 6) is -0.690. The molecule has 2 heterocycles. The fourth-order valence-corrected chi connectivity index (χ4v) is 3.58. The number of rotatable bonds is 8. The SMILES string of the molecule is CNC(=O)[C@H]1CC(O)CN1C(=O)C(n1cc(CCC(=O)CCO)nn1)C(C)(C)C. The van der Waals surface area contributed by atoms with Crippen LogP contribution in [0.5, 0.6) is 0 Å². The molecule has 1 saturated heterocycles. The number of nitrogens with zero attached hydrogens (tertiary/aromatic N) is 4. The Morgan fingerprint density at radius 3 is 2.59 bits per heavy atom. The van der Waals surface area contributed by atoms with E-state index >= 15 is 0 Å². The second-order valence-corrected chi connectivity index (χ2v) is 8.48.